The molecule has 0 aliphatic carbocycles. The van der Waals surface area contributed by atoms with Gasteiger partial charge >= 0.3 is 0 Å². The molecule has 1 aromatic rings. The second-order valence-electron chi connectivity index (χ2n) is 3.80. The summed E-state index contributed by atoms with van der Waals surface area (Å²) in [5.74, 6) is 0.860. The van der Waals surface area contributed by atoms with Crippen LogP contribution in [-0.2, 0) is 0 Å². The van der Waals surface area contributed by atoms with Crippen molar-refractivity contribution in [3.8, 4) is 0 Å². The summed E-state index contributed by atoms with van der Waals surface area (Å²) in [7, 11) is 0. The molecule has 0 aliphatic rings. The normalized spacial score (nSPS) is 13.4. The Balaban J connectivity index is 3.33. The number of nitrogens with zero attached hydrogens (tertiary/aromatic N) is 2. The molecule has 1 aromatic heterocycles. The lowest BCUT2D eigenvalue weighted by atomic mass is 10.2. The fourth-order valence-corrected chi connectivity index (χ4v) is 1.67. The van der Waals surface area contributed by atoms with Crippen molar-refractivity contribution in [1.29, 1.82) is 0 Å². The first-order valence-corrected chi connectivity index (χ1v) is 6.23. The SMILES string of the molecule is C=C/C=C(\C=C/C)n1ccnc1/C(C=C)=C/C=C\C. The monoisotopic (exact) mass is 252 g/mol. The van der Waals surface area contributed by atoms with E-state index in [0.717, 1.165) is 17.1 Å². The minimum atomic E-state index is 0.860. The predicted octanol–water partition coefficient (Wildman–Crippen LogP) is 4.63. The van der Waals surface area contributed by atoms with E-state index in [1.807, 2.05) is 61.1 Å². The molecule has 98 valence electrons. The van der Waals surface area contributed by atoms with Gasteiger partial charge in [-0.3, -0.25) is 4.57 Å². The third kappa shape index (κ3) is 3.81. The van der Waals surface area contributed by atoms with Gasteiger partial charge in [-0.1, -0.05) is 49.6 Å². The van der Waals surface area contributed by atoms with Crippen molar-refractivity contribution in [2.24, 2.45) is 0 Å². The lowest BCUT2D eigenvalue weighted by molar-refractivity contribution is 1.06. The standard InChI is InChI=1S/C17H20N2/c1-5-9-12-15(8-4)17-18-13-14-19(17)16(10-6-2)11-7-3/h5-14H,2,4H2,1,3H3/b9-5-,11-7-,15-12+,16-10+. The van der Waals surface area contributed by atoms with E-state index < -0.39 is 0 Å². The minimum Gasteiger partial charge on any atom is -0.300 e. The van der Waals surface area contributed by atoms with Crippen molar-refractivity contribution in [2.75, 3.05) is 0 Å². The first kappa shape index (κ1) is 14.7. The summed E-state index contributed by atoms with van der Waals surface area (Å²) in [6, 6.07) is 0. The van der Waals surface area contributed by atoms with Crippen LogP contribution in [0.4, 0.5) is 0 Å². The van der Waals surface area contributed by atoms with Crippen molar-refractivity contribution in [3.05, 3.63) is 80.0 Å². The molecular formula is C17H20N2. The van der Waals surface area contributed by atoms with Gasteiger partial charge in [0.15, 0.2) is 0 Å². The Bertz CT molecular complexity index is 552. The van der Waals surface area contributed by atoms with Gasteiger partial charge in [-0.15, -0.1) is 0 Å². The van der Waals surface area contributed by atoms with Crippen molar-refractivity contribution in [1.82, 2.24) is 9.55 Å². The summed E-state index contributed by atoms with van der Waals surface area (Å²) in [4.78, 5) is 4.41. The number of hydrogen-bond donors (Lipinski definition) is 0. The van der Waals surface area contributed by atoms with E-state index in [-0.39, 0.29) is 0 Å². The summed E-state index contributed by atoms with van der Waals surface area (Å²) in [6.07, 6.45) is 19.2. The van der Waals surface area contributed by atoms with Gasteiger partial charge in [-0.05, 0) is 26.0 Å². The Hall–Kier alpha value is -2.35. The molecule has 2 heteroatoms. The van der Waals surface area contributed by atoms with Gasteiger partial charge < -0.3 is 0 Å². The van der Waals surface area contributed by atoms with E-state index in [2.05, 4.69) is 18.1 Å². The van der Waals surface area contributed by atoms with Crippen LogP contribution in [0.1, 0.15) is 19.7 Å². The molecule has 0 aromatic carbocycles. The minimum absolute atomic E-state index is 0.860. The van der Waals surface area contributed by atoms with Crippen LogP contribution in [0.15, 0.2) is 74.2 Å². The summed E-state index contributed by atoms with van der Waals surface area (Å²) in [5, 5.41) is 0. The zero-order valence-electron chi connectivity index (χ0n) is 11.6. The van der Waals surface area contributed by atoms with Gasteiger partial charge in [-0.25, -0.2) is 4.98 Å². The molecule has 0 unspecified atom stereocenters. The van der Waals surface area contributed by atoms with Crippen molar-refractivity contribution in [3.63, 3.8) is 0 Å². The van der Waals surface area contributed by atoms with Crippen molar-refractivity contribution in [2.45, 2.75) is 13.8 Å². The van der Waals surface area contributed by atoms with Crippen LogP contribution in [0.3, 0.4) is 0 Å². The predicted molar refractivity (Wildman–Crippen MR) is 84.5 cm³/mol. The number of allylic oxidation sites excluding steroid dienone is 10. The first-order valence-electron chi connectivity index (χ1n) is 6.23. The molecule has 0 aliphatic heterocycles. The fourth-order valence-electron chi connectivity index (χ4n) is 1.67. The van der Waals surface area contributed by atoms with Gasteiger partial charge in [0.1, 0.15) is 5.82 Å². The molecule has 0 saturated carbocycles. The molecule has 0 saturated heterocycles. The van der Waals surface area contributed by atoms with Gasteiger partial charge in [0.2, 0.25) is 0 Å². The molecule has 0 radical (unpaired) electrons. The Morgan fingerprint density at radius 3 is 2.58 bits per heavy atom. The molecule has 1 heterocycles. The Morgan fingerprint density at radius 2 is 2.00 bits per heavy atom. The molecule has 0 spiro atoms. The highest BCUT2D eigenvalue weighted by atomic mass is 15.1. The summed E-state index contributed by atoms with van der Waals surface area (Å²) >= 11 is 0. The van der Waals surface area contributed by atoms with Gasteiger partial charge in [0, 0.05) is 23.7 Å². The average Bonchev–Trinajstić information content (AvgIpc) is 2.89. The Labute approximate surface area is 115 Å². The van der Waals surface area contributed by atoms with E-state index in [9.17, 15) is 0 Å². The second-order valence-corrected chi connectivity index (χ2v) is 3.80. The van der Waals surface area contributed by atoms with E-state index >= 15 is 0 Å². The van der Waals surface area contributed by atoms with E-state index in [1.54, 1.807) is 18.3 Å². The van der Waals surface area contributed by atoms with Crippen molar-refractivity contribution < 1.29 is 0 Å². The average molecular weight is 252 g/mol. The zero-order valence-corrected chi connectivity index (χ0v) is 11.6. The Kier molecular flexibility index (Phi) is 6.10. The number of aromatic nitrogens is 2. The van der Waals surface area contributed by atoms with Gasteiger partial charge in [-0.2, -0.15) is 0 Å². The number of imidazole rings is 1. The summed E-state index contributed by atoms with van der Waals surface area (Å²) < 4.78 is 2.01. The zero-order chi connectivity index (χ0) is 14.1. The lowest BCUT2D eigenvalue weighted by Gasteiger charge is -2.09. The molecule has 2 nitrogen and oxygen atoms in total. The molecular weight excluding hydrogens is 232 g/mol. The molecule has 0 atom stereocenters. The first-order chi connectivity index (χ1) is 9.28. The largest absolute Gasteiger partial charge is 0.300 e. The maximum absolute atomic E-state index is 4.41. The van der Waals surface area contributed by atoms with Gasteiger partial charge in [0.25, 0.3) is 0 Å². The maximum Gasteiger partial charge on any atom is 0.144 e. The highest BCUT2D eigenvalue weighted by molar-refractivity contribution is 5.74. The molecule has 0 N–H and O–H groups in total. The molecule has 1 rings (SSSR count). The van der Waals surface area contributed by atoms with Crippen LogP contribution < -0.4 is 0 Å². The third-order valence-corrected chi connectivity index (χ3v) is 2.49. The van der Waals surface area contributed by atoms with Crippen LogP contribution in [0.5, 0.6) is 0 Å². The molecule has 0 fully saturated rings. The fraction of sp³-hybridized carbons (Fsp3) is 0.118. The number of rotatable bonds is 6. The summed E-state index contributed by atoms with van der Waals surface area (Å²) in [6.45, 7) is 11.6. The third-order valence-electron chi connectivity index (χ3n) is 2.49. The quantitative estimate of drug-likeness (QED) is 0.675. The highest BCUT2D eigenvalue weighted by Crippen LogP contribution is 2.19. The van der Waals surface area contributed by atoms with Crippen LogP contribution in [-0.4, -0.2) is 9.55 Å². The maximum atomic E-state index is 4.41. The van der Waals surface area contributed by atoms with Crippen molar-refractivity contribution >= 4 is 11.3 Å². The van der Waals surface area contributed by atoms with E-state index in [1.165, 1.54) is 0 Å². The van der Waals surface area contributed by atoms with Crippen LogP contribution in [0.25, 0.3) is 11.3 Å². The van der Waals surface area contributed by atoms with Crippen LogP contribution in [0.2, 0.25) is 0 Å². The topological polar surface area (TPSA) is 17.8 Å². The van der Waals surface area contributed by atoms with Crippen LogP contribution >= 0.6 is 0 Å². The molecule has 0 bridgehead atoms. The van der Waals surface area contributed by atoms with Crippen LogP contribution in [0, 0.1) is 0 Å². The number of hydrogen-bond acceptors (Lipinski definition) is 1. The highest BCUT2D eigenvalue weighted by Gasteiger charge is 2.07. The van der Waals surface area contributed by atoms with E-state index in [4.69, 9.17) is 0 Å². The lowest BCUT2D eigenvalue weighted by Crippen LogP contribution is -1.99. The molecule has 19 heavy (non-hydrogen) atoms. The van der Waals surface area contributed by atoms with Gasteiger partial charge in [0.05, 0.1) is 0 Å². The smallest absolute Gasteiger partial charge is 0.144 e. The second kappa shape index (κ2) is 7.88. The summed E-state index contributed by atoms with van der Waals surface area (Å²) in [5.41, 5.74) is 1.99. The molecule has 0 amide bonds. The Morgan fingerprint density at radius 1 is 1.21 bits per heavy atom. The van der Waals surface area contributed by atoms with E-state index in [0.29, 0.717) is 0 Å².